The van der Waals surface area contributed by atoms with Gasteiger partial charge in [-0.15, -0.1) is 11.8 Å². The highest BCUT2D eigenvalue weighted by molar-refractivity contribution is 8.00. The number of rotatable bonds is 4. The standard InChI is InChI=1S/C22H23FN2O2S/c23-17-9-5-11-19(13-17)25-20(26)14-28-22(25)16-8-4-10-18(12-16)24-21(27)15-6-2-1-3-7-15/h4-5,8-13,15,22H,1-3,6-7,14H2,(H,24,27). The molecule has 2 aromatic rings. The van der Waals surface area contributed by atoms with Crippen molar-refractivity contribution < 1.29 is 14.0 Å². The lowest BCUT2D eigenvalue weighted by Gasteiger charge is -2.25. The smallest absolute Gasteiger partial charge is 0.238 e. The molecule has 0 aromatic heterocycles. The minimum atomic E-state index is -0.366. The third kappa shape index (κ3) is 4.07. The molecule has 1 N–H and O–H groups in total. The quantitative estimate of drug-likeness (QED) is 0.777. The monoisotopic (exact) mass is 398 g/mol. The van der Waals surface area contributed by atoms with Crippen LogP contribution in [-0.4, -0.2) is 17.6 Å². The van der Waals surface area contributed by atoms with Gasteiger partial charge in [0.2, 0.25) is 11.8 Å². The van der Waals surface area contributed by atoms with E-state index in [1.165, 1.54) is 30.3 Å². The van der Waals surface area contributed by atoms with Crippen LogP contribution < -0.4 is 10.2 Å². The number of nitrogens with zero attached hydrogens (tertiary/aromatic N) is 1. The number of thioether (sulfide) groups is 1. The molecule has 4 nitrogen and oxygen atoms in total. The van der Waals surface area contributed by atoms with Gasteiger partial charge in [0.15, 0.2) is 0 Å². The second kappa shape index (κ2) is 8.35. The van der Waals surface area contributed by atoms with Gasteiger partial charge >= 0.3 is 0 Å². The lowest BCUT2D eigenvalue weighted by molar-refractivity contribution is -0.120. The van der Waals surface area contributed by atoms with Crippen molar-refractivity contribution in [3.8, 4) is 0 Å². The molecular formula is C22H23FN2O2S. The summed E-state index contributed by atoms with van der Waals surface area (Å²) in [7, 11) is 0. The van der Waals surface area contributed by atoms with Crippen LogP contribution in [0.15, 0.2) is 48.5 Å². The Morgan fingerprint density at radius 3 is 2.64 bits per heavy atom. The van der Waals surface area contributed by atoms with E-state index in [0.29, 0.717) is 11.4 Å². The number of hydrogen-bond acceptors (Lipinski definition) is 3. The van der Waals surface area contributed by atoms with Crippen molar-refractivity contribution in [2.45, 2.75) is 37.5 Å². The maximum absolute atomic E-state index is 13.7. The molecule has 146 valence electrons. The number of hydrogen-bond donors (Lipinski definition) is 1. The Hall–Kier alpha value is -2.34. The van der Waals surface area contributed by atoms with Gasteiger partial charge in [-0.25, -0.2) is 4.39 Å². The summed E-state index contributed by atoms with van der Waals surface area (Å²) in [5.41, 5.74) is 2.21. The van der Waals surface area contributed by atoms with Crippen molar-refractivity contribution in [2.75, 3.05) is 16.0 Å². The van der Waals surface area contributed by atoms with Crippen molar-refractivity contribution >= 4 is 35.0 Å². The molecule has 4 rings (SSSR count). The zero-order valence-electron chi connectivity index (χ0n) is 15.6. The zero-order valence-corrected chi connectivity index (χ0v) is 16.4. The zero-order chi connectivity index (χ0) is 19.5. The van der Waals surface area contributed by atoms with Gasteiger partial charge in [0.05, 0.1) is 5.75 Å². The molecule has 0 bridgehead atoms. The van der Waals surface area contributed by atoms with E-state index in [0.717, 1.165) is 36.9 Å². The molecule has 1 saturated heterocycles. The number of carbonyl (C=O) groups is 2. The number of nitrogens with one attached hydrogen (secondary N) is 1. The Morgan fingerprint density at radius 2 is 1.86 bits per heavy atom. The van der Waals surface area contributed by atoms with Crippen LogP contribution in [-0.2, 0) is 9.59 Å². The third-order valence-electron chi connectivity index (χ3n) is 5.37. The Morgan fingerprint density at radius 1 is 1.07 bits per heavy atom. The number of amides is 2. The summed E-state index contributed by atoms with van der Waals surface area (Å²) in [5.74, 6) is 0.101. The Kier molecular flexibility index (Phi) is 5.67. The van der Waals surface area contributed by atoms with Gasteiger partial charge in [-0.3, -0.25) is 14.5 Å². The lowest BCUT2D eigenvalue weighted by Crippen LogP contribution is -2.28. The second-order valence-electron chi connectivity index (χ2n) is 7.36. The van der Waals surface area contributed by atoms with E-state index in [1.54, 1.807) is 17.0 Å². The first-order valence-electron chi connectivity index (χ1n) is 9.72. The van der Waals surface area contributed by atoms with E-state index >= 15 is 0 Å². The fourth-order valence-electron chi connectivity index (χ4n) is 3.95. The maximum atomic E-state index is 13.7. The van der Waals surface area contributed by atoms with Gasteiger partial charge < -0.3 is 5.32 Å². The van der Waals surface area contributed by atoms with Crippen LogP contribution in [0.3, 0.4) is 0 Å². The predicted octanol–water partition coefficient (Wildman–Crippen LogP) is 5.12. The average Bonchev–Trinajstić information content (AvgIpc) is 3.10. The topological polar surface area (TPSA) is 49.4 Å². The van der Waals surface area contributed by atoms with Crippen LogP contribution in [0.25, 0.3) is 0 Å². The summed E-state index contributed by atoms with van der Waals surface area (Å²) < 4.78 is 13.7. The third-order valence-corrected chi connectivity index (χ3v) is 6.58. The van der Waals surface area contributed by atoms with E-state index in [1.807, 2.05) is 24.3 Å². The maximum Gasteiger partial charge on any atom is 0.238 e. The van der Waals surface area contributed by atoms with Crippen molar-refractivity contribution in [3.63, 3.8) is 0 Å². The first kappa shape index (κ1) is 19.0. The Bertz CT molecular complexity index is 882. The van der Waals surface area contributed by atoms with Crippen molar-refractivity contribution in [2.24, 2.45) is 5.92 Å². The van der Waals surface area contributed by atoms with E-state index in [-0.39, 0.29) is 28.9 Å². The highest BCUT2D eigenvalue weighted by Crippen LogP contribution is 2.42. The molecule has 0 spiro atoms. The summed E-state index contributed by atoms with van der Waals surface area (Å²) in [5, 5.41) is 2.80. The first-order valence-corrected chi connectivity index (χ1v) is 10.8. The van der Waals surface area contributed by atoms with E-state index in [4.69, 9.17) is 0 Å². The molecule has 0 radical (unpaired) electrons. The highest BCUT2D eigenvalue weighted by atomic mass is 32.2. The van der Waals surface area contributed by atoms with Crippen molar-refractivity contribution in [1.82, 2.24) is 0 Å². The molecule has 2 amide bonds. The molecule has 2 aliphatic rings. The van der Waals surface area contributed by atoms with Crippen molar-refractivity contribution in [3.05, 3.63) is 59.9 Å². The minimum Gasteiger partial charge on any atom is -0.326 e. The summed E-state index contributed by atoms with van der Waals surface area (Å²) in [4.78, 5) is 26.6. The number of benzene rings is 2. The van der Waals surface area contributed by atoms with Gasteiger partial charge in [0, 0.05) is 17.3 Å². The molecule has 2 fully saturated rings. The lowest BCUT2D eigenvalue weighted by atomic mass is 9.88. The van der Waals surface area contributed by atoms with Crippen LogP contribution >= 0.6 is 11.8 Å². The molecule has 1 unspecified atom stereocenters. The normalized spacial score (nSPS) is 20.4. The molecule has 1 aliphatic heterocycles. The number of anilines is 2. The average molecular weight is 399 g/mol. The fraction of sp³-hybridized carbons (Fsp3) is 0.364. The van der Waals surface area contributed by atoms with Crippen LogP contribution in [0.2, 0.25) is 0 Å². The van der Waals surface area contributed by atoms with Gasteiger partial charge in [0.1, 0.15) is 11.2 Å². The molecule has 1 saturated carbocycles. The molecule has 6 heteroatoms. The predicted molar refractivity (Wildman–Crippen MR) is 111 cm³/mol. The Labute approximate surface area is 168 Å². The summed E-state index contributed by atoms with van der Waals surface area (Å²) in [6.07, 6.45) is 5.34. The Balaban J connectivity index is 1.54. The van der Waals surface area contributed by atoms with Crippen LogP contribution in [0, 0.1) is 11.7 Å². The number of carbonyl (C=O) groups excluding carboxylic acids is 2. The van der Waals surface area contributed by atoms with Crippen LogP contribution in [0.4, 0.5) is 15.8 Å². The summed E-state index contributed by atoms with van der Waals surface area (Å²) in [6, 6.07) is 13.7. The summed E-state index contributed by atoms with van der Waals surface area (Å²) in [6.45, 7) is 0. The molecule has 1 heterocycles. The molecular weight excluding hydrogens is 375 g/mol. The second-order valence-corrected chi connectivity index (χ2v) is 8.43. The summed E-state index contributed by atoms with van der Waals surface area (Å²) >= 11 is 1.51. The van der Waals surface area contributed by atoms with Gasteiger partial charge in [-0.1, -0.05) is 37.5 Å². The SMILES string of the molecule is O=C(Nc1cccc(C2SCC(=O)N2c2cccc(F)c2)c1)C1CCCCC1. The van der Waals surface area contributed by atoms with Gasteiger partial charge in [0.25, 0.3) is 0 Å². The van der Waals surface area contributed by atoms with E-state index in [2.05, 4.69) is 5.32 Å². The molecule has 1 aliphatic carbocycles. The van der Waals surface area contributed by atoms with Crippen LogP contribution in [0.5, 0.6) is 0 Å². The molecule has 28 heavy (non-hydrogen) atoms. The number of halogens is 1. The van der Waals surface area contributed by atoms with Crippen molar-refractivity contribution in [1.29, 1.82) is 0 Å². The first-order chi connectivity index (χ1) is 13.6. The van der Waals surface area contributed by atoms with Gasteiger partial charge in [-0.05, 0) is 48.7 Å². The van der Waals surface area contributed by atoms with Crippen LogP contribution in [0.1, 0.15) is 43.0 Å². The minimum absolute atomic E-state index is 0.0442. The van der Waals surface area contributed by atoms with E-state index < -0.39 is 0 Å². The fourth-order valence-corrected chi connectivity index (χ4v) is 5.12. The molecule has 1 atom stereocenters. The molecule has 2 aromatic carbocycles. The largest absolute Gasteiger partial charge is 0.326 e. The van der Waals surface area contributed by atoms with Gasteiger partial charge in [-0.2, -0.15) is 0 Å². The highest BCUT2D eigenvalue weighted by Gasteiger charge is 2.34. The van der Waals surface area contributed by atoms with E-state index in [9.17, 15) is 14.0 Å².